The highest BCUT2D eigenvalue weighted by molar-refractivity contribution is 7.89. The maximum absolute atomic E-state index is 12.3. The molecule has 1 unspecified atom stereocenters. The first-order valence-corrected chi connectivity index (χ1v) is 9.19. The normalized spacial score (nSPS) is 12.9. The van der Waals surface area contributed by atoms with Crippen molar-refractivity contribution in [1.82, 2.24) is 4.72 Å². The smallest absolute Gasteiger partial charge is 0.240 e. The topological polar surface area (TPSA) is 75.3 Å². The molecule has 1 rings (SSSR count). The van der Waals surface area contributed by atoms with E-state index in [2.05, 4.69) is 17.0 Å². The number of hydrogen-bond acceptors (Lipinski definition) is 3. The number of rotatable bonds is 8. The van der Waals surface area contributed by atoms with Crippen LogP contribution in [0, 0.1) is 12.8 Å². The predicted octanol–water partition coefficient (Wildman–Crippen LogP) is 3.06. The van der Waals surface area contributed by atoms with Gasteiger partial charge in [-0.15, -0.1) is 0 Å². The molecular formula is C16H26N2O3S. The van der Waals surface area contributed by atoms with Crippen molar-refractivity contribution in [2.24, 2.45) is 5.92 Å². The van der Waals surface area contributed by atoms with Crippen LogP contribution in [0.15, 0.2) is 23.1 Å². The van der Waals surface area contributed by atoms with Crippen molar-refractivity contribution in [2.45, 2.75) is 51.3 Å². The van der Waals surface area contributed by atoms with E-state index < -0.39 is 10.0 Å². The molecule has 0 aliphatic rings. The van der Waals surface area contributed by atoms with Crippen LogP contribution < -0.4 is 10.0 Å². The van der Waals surface area contributed by atoms with E-state index in [0.29, 0.717) is 11.3 Å². The van der Waals surface area contributed by atoms with Gasteiger partial charge in [0.1, 0.15) is 0 Å². The maximum Gasteiger partial charge on any atom is 0.240 e. The summed E-state index contributed by atoms with van der Waals surface area (Å²) in [6, 6.07) is 4.94. The van der Waals surface area contributed by atoms with E-state index in [1.54, 1.807) is 19.1 Å². The minimum Gasteiger partial charge on any atom is -0.326 e. The monoisotopic (exact) mass is 326 g/mol. The highest BCUT2D eigenvalue weighted by Gasteiger charge is 2.18. The van der Waals surface area contributed by atoms with E-state index in [1.807, 2.05) is 6.92 Å². The van der Waals surface area contributed by atoms with Gasteiger partial charge in [-0.1, -0.05) is 32.8 Å². The number of anilines is 1. The van der Waals surface area contributed by atoms with Gasteiger partial charge in [0.2, 0.25) is 15.9 Å². The van der Waals surface area contributed by atoms with Crippen molar-refractivity contribution in [2.75, 3.05) is 12.4 Å². The molecule has 1 aromatic carbocycles. The molecule has 5 nitrogen and oxygen atoms in total. The Balaban J connectivity index is 2.95. The summed E-state index contributed by atoms with van der Waals surface area (Å²) in [5, 5.41) is 2.83. The number of unbranched alkanes of at least 4 members (excludes halogenated alkanes) is 1. The van der Waals surface area contributed by atoms with E-state index in [-0.39, 0.29) is 16.7 Å². The van der Waals surface area contributed by atoms with Crippen LogP contribution in [0.2, 0.25) is 0 Å². The zero-order valence-electron chi connectivity index (χ0n) is 13.8. The molecule has 0 fully saturated rings. The molecule has 124 valence electrons. The summed E-state index contributed by atoms with van der Waals surface area (Å²) in [4.78, 5) is 12.5. The highest BCUT2D eigenvalue weighted by Crippen LogP contribution is 2.21. The van der Waals surface area contributed by atoms with Gasteiger partial charge in [-0.05, 0) is 44.5 Å². The van der Waals surface area contributed by atoms with Crippen molar-refractivity contribution in [3.05, 3.63) is 23.8 Å². The van der Waals surface area contributed by atoms with Crippen LogP contribution in [0.3, 0.4) is 0 Å². The highest BCUT2D eigenvalue weighted by atomic mass is 32.2. The number of nitrogens with one attached hydrogen (secondary N) is 2. The maximum atomic E-state index is 12.3. The minimum absolute atomic E-state index is 0.0365. The van der Waals surface area contributed by atoms with E-state index >= 15 is 0 Å². The van der Waals surface area contributed by atoms with Crippen LogP contribution in [-0.2, 0) is 14.8 Å². The molecule has 1 amide bonds. The Morgan fingerprint density at radius 3 is 2.50 bits per heavy atom. The molecule has 22 heavy (non-hydrogen) atoms. The Kier molecular flexibility index (Phi) is 7.03. The Labute approximate surface area is 133 Å². The molecular weight excluding hydrogens is 300 g/mol. The van der Waals surface area contributed by atoms with Gasteiger partial charge in [0, 0.05) is 11.6 Å². The molecule has 0 aliphatic carbocycles. The molecule has 0 heterocycles. The lowest BCUT2D eigenvalue weighted by Gasteiger charge is -2.15. The fourth-order valence-corrected chi connectivity index (χ4v) is 3.29. The van der Waals surface area contributed by atoms with E-state index in [9.17, 15) is 13.2 Å². The number of carbonyl (C=O) groups is 1. The zero-order valence-corrected chi connectivity index (χ0v) is 14.6. The second-order valence-corrected chi connectivity index (χ2v) is 7.28. The van der Waals surface area contributed by atoms with Crippen LogP contribution in [0.5, 0.6) is 0 Å². The summed E-state index contributed by atoms with van der Waals surface area (Å²) in [7, 11) is -2.16. The predicted molar refractivity (Wildman–Crippen MR) is 89.4 cm³/mol. The van der Waals surface area contributed by atoms with Crippen LogP contribution in [0.25, 0.3) is 0 Å². The van der Waals surface area contributed by atoms with Crippen molar-refractivity contribution in [3.8, 4) is 0 Å². The Morgan fingerprint density at radius 2 is 1.95 bits per heavy atom. The SMILES string of the molecule is CCCCC(CC)C(=O)Nc1ccc(C)c(S(=O)(=O)NC)c1. The Bertz CT molecular complexity index is 612. The molecule has 0 aliphatic heterocycles. The average molecular weight is 326 g/mol. The third-order valence-electron chi connectivity index (χ3n) is 3.78. The van der Waals surface area contributed by atoms with Gasteiger partial charge >= 0.3 is 0 Å². The second-order valence-electron chi connectivity index (χ2n) is 5.42. The van der Waals surface area contributed by atoms with Crippen molar-refractivity contribution >= 4 is 21.6 Å². The fourth-order valence-electron chi connectivity index (χ4n) is 2.29. The van der Waals surface area contributed by atoms with Crippen LogP contribution in [-0.4, -0.2) is 21.4 Å². The van der Waals surface area contributed by atoms with Gasteiger partial charge < -0.3 is 5.32 Å². The molecule has 1 aromatic rings. The fraction of sp³-hybridized carbons (Fsp3) is 0.562. The molecule has 0 saturated heterocycles. The van der Waals surface area contributed by atoms with Crippen LogP contribution in [0.4, 0.5) is 5.69 Å². The largest absolute Gasteiger partial charge is 0.326 e. The molecule has 0 aromatic heterocycles. The summed E-state index contributed by atoms with van der Waals surface area (Å²) in [6.45, 7) is 5.82. The van der Waals surface area contributed by atoms with Crippen molar-refractivity contribution in [3.63, 3.8) is 0 Å². The number of benzene rings is 1. The van der Waals surface area contributed by atoms with Gasteiger partial charge in [-0.25, -0.2) is 13.1 Å². The van der Waals surface area contributed by atoms with Gasteiger partial charge in [0.05, 0.1) is 4.90 Å². The molecule has 0 saturated carbocycles. The van der Waals surface area contributed by atoms with E-state index in [0.717, 1.165) is 25.7 Å². The summed E-state index contributed by atoms with van der Waals surface area (Å²) >= 11 is 0. The zero-order chi connectivity index (χ0) is 16.8. The van der Waals surface area contributed by atoms with Crippen molar-refractivity contribution in [1.29, 1.82) is 0 Å². The van der Waals surface area contributed by atoms with Gasteiger partial charge in [0.15, 0.2) is 0 Å². The minimum atomic E-state index is -3.53. The van der Waals surface area contributed by atoms with E-state index in [1.165, 1.54) is 13.1 Å². The lowest BCUT2D eigenvalue weighted by molar-refractivity contribution is -0.120. The van der Waals surface area contributed by atoms with E-state index in [4.69, 9.17) is 0 Å². The van der Waals surface area contributed by atoms with Crippen LogP contribution >= 0.6 is 0 Å². The molecule has 0 radical (unpaired) electrons. The molecule has 1 atom stereocenters. The van der Waals surface area contributed by atoms with Crippen molar-refractivity contribution < 1.29 is 13.2 Å². The summed E-state index contributed by atoms with van der Waals surface area (Å²) in [5.74, 6) is -0.0850. The lowest BCUT2D eigenvalue weighted by Crippen LogP contribution is -2.23. The first kappa shape index (κ1) is 18.6. The van der Waals surface area contributed by atoms with Gasteiger partial charge in [0.25, 0.3) is 0 Å². The molecule has 0 bridgehead atoms. The summed E-state index contributed by atoms with van der Waals surface area (Å²) in [6.07, 6.45) is 3.70. The average Bonchev–Trinajstić information content (AvgIpc) is 2.49. The first-order valence-electron chi connectivity index (χ1n) is 7.70. The lowest BCUT2D eigenvalue weighted by atomic mass is 9.98. The Morgan fingerprint density at radius 1 is 1.27 bits per heavy atom. The number of aryl methyl sites for hydroxylation is 1. The number of hydrogen-bond donors (Lipinski definition) is 2. The number of amides is 1. The standard InChI is InChI=1S/C16H26N2O3S/c1-5-7-8-13(6-2)16(19)18-14-10-9-12(3)15(11-14)22(20,21)17-4/h9-11,13,17H,5-8H2,1-4H3,(H,18,19). The molecule has 2 N–H and O–H groups in total. The first-order chi connectivity index (χ1) is 10.4. The number of sulfonamides is 1. The summed E-state index contributed by atoms with van der Waals surface area (Å²) in [5.41, 5.74) is 1.16. The second kappa shape index (κ2) is 8.29. The molecule has 6 heteroatoms. The quantitative estimate of drug-likeness (QED) is 0.771. The van der Waals surface area contributed by atoms with Crippen LogP contribution in [0.1, 0.15) is 45.1 Å². The Hall–Kier alpha value is -1.40. The molecule has 0 spiro atoms. The number of carbonyl (C=O) groups excluding carboxylic acids is 1. The summed E-state index contributed by atoms with van der Waals surface area (Å²) < 4.78 is 26.2. The third kappa shape index (κ3) is 4.81. The van der Waals surface area contributed by atoms with Gasteiger partial charge in [-0.3, -0.25) is 4.79 Å². The van der Waals surface area contributed by atoms with Gasteiger partial charge in [-0.2, -0.15) is 0 Å². The third-order valence-corrected chi connectivity index (χ3v) is 5.34.